The van der Waals surface area contributed by atoms with Crippen molar-refractivity contribution in [1.82, 2.24) is 4.98 Å². The highest BCUT2D eigenvalue weighted by Gasteiger charge is 2.21. The molecule has 0 spiro atoms. The summed E-state index contributed by atoms with van der Waals surface area (Å²) in [7, 11) is 0. The van der Waals surface area contributed by atoms with Gasteiger partial charge in [0, 0.05) is 22.5 Å². The van der Waals surface area contributed by atoms with E-state index in [-0.39, 0.29) is 0 Å². The van der Waals surface area contributed by atoms with Gasteiger partial charge in [0.2, 0.25) is 0 Å². The van der Waals surface area contributed by atoms with Crippen LogP contribution in [-0.4, -0.2) is 4.98 Å². The van der Waals surface area contributed by atoms with Gasteiger partial charge in [0.05, 0.1) is 5.69 Å². The Hall–Kier alpha value is -2.61. The Kier molecular flexibility index (Phi) is 4.66. The lowest BCUT2D eigenvalue weighted by Gasteiger charge is -2.14. The summed E-state index contributed by atoms with van der Waals surface area (Å²) < 4.78 is 6.16. The molecule has 1 saturated carbocycles. The van der Waals surface area contributed by atoms with Crippen LogP contribution >= 0.6 is 0 Å². The van der Waals surface area contributed by atoms with Crippen molar-refractivity contribution in [2.45, 2.75) is 58.8 Å². The zero-order chi connectivity index (χ0) is 20.0. The van der Waals surface area contributed by atoms with Gasteiger partial charge in [0.15, 0.2) is 0 Å². The Morgan fingerprint density at radius 2 is 1.83 bits per heavy atom. The van der Waals surface area contributed by atoms with E-state index in [1.54, 1.807) is 0 Å². The predicted molar refractivity (Wildman–Crippen MR) is 121 cm³/mol. The molecule has 2 aromatic carbocycles. The molecular weight excluding hydrogens is 354 g/mol. The summed E-state index contributed by atoms with van der Waals surface area (Å²) in [5, 5.41) is 3.67. The molecule has 2 heteroatoms. The van der Waals surface area contributed by atoms with Crippen molar-refractivity contribution in [3.8, 4) is 11.3 Å². The second-order valence-corrected chi connectivity index (χ2v) is 9.14. The van der Waals surface area contributed by atoms with E-state index < -0.39 is 0 Å². The average Bonchev–Trinajstić information content (AvgIpc) is 3.35. The zero-order valence-electron chi connectivity index (χ0n) is 17.7. The molecule has 1 aliphatic rings. The molecule has 148 valence electrons. The van der Waals surface area contributed by atoms with Gasteiger partial charge in [-0.05, 0) is 78.8 Å². The molecular formula is C27H29NO. The van der Waals surface area contributed by atoms with Gasteiger partial charge < -0.3 is 4.42 Å². The molecule has 0 radical (unpaired) electrons. The SMILES string of the molecule is Cc1cc2cc(C3CCCC3)cc(-c3nccc4cc(CC(C)C)ccc34)c2o1. The lowest BCUT2D eigenvalue weighted by Crippen LogP contribution is -1.96. The van der Waals surface area contributed by atoms with Crippen molar-refractivity contribution in [1.29, 1.82) is 0 Å². The summed E-state index contributed by atoms with van der Waals surface area (Å²) in [4.78, 5) is 4.83. The molecule has 2 aromatic heterocycles. The number of furan rings is 1. The smallest absolute Gasteiger partial charge is 0.143 e. The van der Waals surface area contributed by atoms with Crippen molar-refractivity contribution in [2.24, 2.45) is 5.92 Å². The maximum atomic E-state index is 6.16. The van der Waals surface area contributed by atoms with Gasteiger partial charge in [0.1, 0.15) is 11.3 Å². The molecule has 0 atom stereocenters. The monoisotopic (exact) mass is 383 g/mol. The number of rotatable bonds is 4. The minimum absolute atomic E-state index is 0.655. The Morgan fingerprint density at radius 1 is 1.00 bits per heavy atom. The molecule has 4 aromatic rings. The molecule has 2 nitrogen and oxygen atoms in total. The molecule has 0 bridgehead atoms. The molecule has 0 aliphatic heterocycles. The van der Waals surface area contributed by atoms with Crippen LogP contribution in [0.5, 0.6) is 0 Å². The topological polar surface area (TPSA) is 26.0 Å². The van der Waals surface area contributed by atoms with E-state index in [1.165, 1.54) is 53.0 Å². The molecule has 0 N–H and O–H groups in total. The van der Waals surface area contributed by atoms with Crippen LogP contribution in [0.3, 0.4) is 0 Å². The van der Waals surface area contributed by atoms with Crippen LogP contribution in [0.4, 0.5) is 0 Å². The quantitative estimate of drug-likeness (QED) is 0.359. The van der Waals surface area contributed by atoms with Crippen LogP contribution in [0.15, 0.2) is 53.1 Å². The number of benzene rings is 2. The third kappa shape index (κ3) is 3.46. The van der Waals surface area contributed by atoms with Crippen LogP contribution in [-0.2, 0) is 6.42 Å². The standard InChI is InChI=1S/C27H29NO/c1-17(2)12-19-8-9-24-21(14-19)10-11-28-26(24)25-16-22(20-6-4-5-7-20)15-23-13-18(3)29-27(23)25/h8-11,13-17,20H,4-7,12H2,1-3H3. The second-order valence-electron chi connectivity index (χ2n) is 9.14. The van der Waals surface area contributed by atoms with Gasteiger partial charge in [-0.25, -0.2) is 0 Å². The summed E-state index contributed by atoms with van der Waals surface area (Å²) in [5.41, 5.74) is 5.98. The van der Waals surface area contributed by atoms with Crippen molar-refractivity contribution >= 4 is 21.7 Å². The molecule has 0 amide bonds. The first-order valence-electron chi connectivity index (χ1n) is 11.0. The Labute approximate surface area is 173 Å². The Bertz CT molecular complexity index is 1180. The van der Waals surface area contributed by atoms with E-state index in [0.717, 1.165) is 29.0 Å². The maximum absolute atomic E-state index is 6.16. The van der Waals surface area contributed by atoms with Gasteiger partial charge in [-0.1, -0.05) is 44.9 Å². The minimum atomic E-state index is 0.655. The summed E-state index contributed by atoms with van der Waals surface area (Å²) >= 11 is 0. The molecule has 1 aliphatic carbocycles. The molecule has 29 heavy (non-hydrogen) atoms. The fourth-order valence-electron chi connectivity index (χ4n) is 5.02. The predicted octanol–water partition coefficient (Wildman–Crippen LogP) is 7.81. The summed E-state index contributed by atoms with van der Waals surface area (Å²) in [6.45, 7) is 6.58. The summed E-state index contributed by atoms with van der Waals surface area (Å²) in [6, 6.07) is 15.8. The van der Waals surface area contributed by atoms with E-state index in [4.69, 9.17) is 9.40 Å². The highest BCUT2D eigenvalue weighted by atomic mass is 16.3. The van der Waals surface area contributed by atoms with Crippen molar-refractivity contribution in [2.75, 3.05) is 0 Å². The zero-order valence-corrected chi connectivity index (χ0v) is 17.7. The van der Waals surface area contributed by atoms with E-state index >= 15 is 0 Å². The number of aryl methyl sites for hydroxylation is 1. The van der Waals surface area contributed by atoms with Gasteiger partial charge in [-0.15, -0.1) is 0 Å². The normalized spacial score (nSPS) is 15.2. The molecule has 2 heterocycles. The largest absolute Gasteiger partial charge is 0.461 e. The average molecular weight is 384 g/mol. The fraction of sp³-hybridized carbons (Fsp3) is 0.370. The van der Waals surface area contributed by atoms with Crippen LogP contribution in [0, 0.1) is 12.8 Å². The maximum Gasteiger partial charge on any atom is 0.143 e. The van der Waals surface area contributed by atoms with Gasteiger partial charge in [-0.2, -0.15) is 0 Å². The fourth-order valence-corrected chi connectivity index (χ4v) is 5.02. The van der Waals surface area contributed by atoms with Crippen LogP contribution in [0.1, 0.15) is 62.3 Å². The Balaban J connectivity index is 1.71. The minimum Gasteiger partial charge on any atom is -0.461 e. The number of fused-ring (bicyclic) bond motifs is 2. The first-order valence-corrected chi connectivity index (χ1v) is 11.0. The molecule has 0 saturated heterocycles. The van der Waals surface area contributed by atoms with E-state index in [0.29, 0.717) is 11.8 Å². The first-order chi connectivity index (χ1) is 14.1. The van der Waals surface area contributed by atoms with Crippen LogP contribution in [0.2, 0.25) is 0 Å². The van der Waals surface area contributed by atoms with Gasteiger partial charge >= 0.3 is 0 Å². The molecule has 1 fully saturated rings. The Morgan fingerprint density at radius 3 is 2.62 bits per heavy atom. The van der Waals surface area contributed by atoms with Crippen molar-refractivity contribution < 1.29 is 4.42 Å². The number of hydrogen-bond donors (Lipinski definition) is 0. The number of pyridine rings is 1. The lowest BCUT2D eigenvalue weighted by molar-refractivity contribution is 0.579. The summed E-state index contributed by atoms with van der Waals surface area (Å²) in [6.07, 6.45) is 8.32. The number of aromatic nitrogens is 1. The highest BCUT2D eigenvalue weighted by molar-refractivity contribution is 6.02. The third-order valence-electron chi connectivity index (χ3n) is 6.32. The lowest BCUT2D eigenvalue weighted by atomic mass is 9.92. The summed E-state index contributed by atoms with van der Waals surface area (Å²) in [5.74, 6) is 2.29. The number of nitrogens with zero attached hydrogens (tertiary/aromatic N) is 1. The van der Waals surface area contributed by atoms with Crippen molar-refractivity contribution in [3.63, 3.8) is 0 Å². The van der Waals surface area contributed by atoms with E-state index in [9.17, 15) is 0 Å². The van der Waals surface area contributed by atoms with Gasteiger partial charge in [0.25, 0.3) is 0 Å². The van der Waals surface area contributed by atoms with Crippen molar-refractivity contribution in [3.05, 3.63) is 65.5 Å². The molecule has 5 rings (SSSR count). The van der Waals surface area contributed by atoms with Crippen LogP contribution in [0.25, 0.3) is 33.0 Å². The number of hydrogen-bond acceptors (Lipinski definition) is 2. The second kappa shape index (κ2) is 7.33. The first kappa shape index (κ1) is 18.4. The highest BCUT2D eigenvalue weighted by Crippen LogP contribution is 2.40. The van der Waals surface area contributed by atoms with E-state index in [1.807, 2.05) is 13.1 Å². The molecule has 0 unspecified atom stereocenters. The van der Waals surface area contributed by atoms with E-state index in [2.05, 4.69) is 56.3 Å². The van der Waals surface area contributed by atoms with Crippen LogP contribution < -0.4 is 0 Å². The third-order valence-corrected chi connectivity index (χ3v) is 6.32. The van der Waals surface area contributed by atoms with Gasteiger partial charge in [-0.3, -0.25) is 4.98 Å².